The molecule has 15 heavy (non-hydrogen) atoms. The van der Waals surface area contributed by atoms with Gasteiger partial charge in [-0.25, -0.2) is 4.98 Å². The van der Waals surface area contributed by atoms with Crippen LogP contribution in [0.3, 0.4) is 0 Å². The smallest absolute Gasteiger partial charge is 0.221 e. The molecule has 1 aromatic carbocycles. The molecule has 0 fully saturated rings. The Kier molecular flexibility index (Phi) is 2.64. The molecule has 2 aromatic rings. The summed E-state index contributed by atoms with van der Waals surface area (Å²) in [5, 5.41) is 2.34. The van der Waals surface area contributed by atoms with E-state index in [9.17, 15) is 0 Å². The predicted molar refractivity (Wildman–Crippen MR) is 59.9 cm³/mol. The van der Waals surface area contributed by atoms with E-state index in [4.69, 9.17) is 21.1 Å². The Hall–Kier alpha value is -1.48. The second kappa shape index (κ2) is 3.95. The van der Waals surface area contributed by atoms with Gasteiger partial charge in [0.15, 0.2) is 0 Å². The summed E-state index contributed by atoms with van der Waals surface area (Å²) in [6, 6.07) is 5.52. The van der Waals surface area contributed by atoms with E-state index in [0.29, 0.717) is 16.7 Å². The molecule has 2 rings (SSSR count). The molecule has 0 atom stereocenters. The predicted octanol–water partition coefficient (Wildman–Crippen LogP) is 2.91. The van der Waals surface area contributed by atoms with E-state index in [1.807, 2.05) is 12.1 Å². The van der Waals surface area contributed by atoms with Crippen LogP contribution in [0.15, 0.2) is 24.4 Å². The van der Waals surface area contributed by atoms with Crippen LogP contribution in [0.1, 0.15) is 0 Å². The van der Waals surface area contributed by atoms with Gasteiger partial charge in [-0.05, 0) is 18.2 Å². The van der Waals surface area contributed by atoms with Crippen LogP contribution in [0.25, 0.3) is 10.8 Å². The zero-order valence-electron chi connectivity index (χ0n) is 8.45. The van der Waals surface area contributed by atoms with Gasteiger partial charge in [-0.1, -0.05) is 11.6 Å². The van der Waals surface area contributed by atoms with Gasteiger partial charge >= 0.3 is 0 Å². The highest BCUT2D eigenvalue weighted by atomic mass is 35.5. The van der Waals surface area contributed by atoms with Crippen LogP contribution < -0.4 is 9.47 Å². The molecule has 0 saturated heterocycles. The first-order valence-electron chi connectivity index (χ1n) is 4.43. The zero-order valence-corrected chi connectivity index (χ0v) is 9.21. The summed E-state index contributed by atoms with van der Waals surface area (Å²) in [4.78, 5) is 4.10. The monoisotopic (exact) mass is 223 g/mol. The molecule has 78 valence electrons. The van der Waals surface area contributed by atoms with Gasteiger partial charge in [0, 0.05) is 17.0 Å². The summed E-state index contributed by atoms with van der Waals surface area (Å²) in [7, 11) is 3.17. The van der Waals surface area contributed by atoms with Gasteiger partial charge in [-0.3, -0.25) is 0 Å². The maximum atomic E-state index is 6.16. The normalized spacial score (nSPS) is 10.3. The Morgan fingerprint density at radius 3 is 2.53 bits per heavy atom. The molecule has 3 nitrogen and oxygen atoms in total. The van der Waals surface area contributed by atoms with Crippen molar-refractivity contribution in [2.75, 3.05) is 14.2 Å². The lowest BCUT2D eigenvalue weighted by atomic mass is 10.1. The minimum absolute atomic E-state index is 0.567. The van der Waals surface area contributed by atoms with Crippen LogP contribution in [0.5, 0.6) is 11.6 Å². The summed E-state index contributed by atoms with van der Waals surface area (Å²) >= 11 is 6.16. The van der Waals surface area contributed by atoms with Crippen LogP contribution in [-0.4, -0.2) is 19.2 Å². The highest BCUT2D eigenvalue weighted by Gasteiger charge is 2.09. The summed E-state index contributed by atoms with van der Waals surface area (Å²) in [6.07, 6.45) is 1.66. The fourth-order valence-electron chi connectivity index (χ4n) is 1.49. The van der Waals surface area contributed by atoms with Crippen molar-refractivity contribution in [3.63, 3.8) is 0 Å². The molecule has 0 bridgehead atoms. The van der Waals surface area contributed by atoms with Gasteiger partial charge in [0.05, 0.1) is 19.2 Å². The highest BCUT2D eigenvalue weighted by Crippen LogP contribution is 2.35. The molecule has 4 heteroatoms. The van der Waals surface area contributed by atoms with Gasteiger partial charge in [-0.15, -0.1) is 0 Å². The molecule has 0 saturated carbocycles. The van der Waals surface area contributed by atoms with Crippen LogP contribution in [0.4, 0.5) is 0 Å². The van der Waals surface area contributed by atoms with E-state index in [1.54, 1.807) is 26.5 Å². The standard InChI is InChI=1S/C11H10ClNO2/c1-14-9-4-3-8-7(10(9)12)5-6-13-11(8)15-2/h3-6H,1-2H3. The van der Waals surface area contributed by atoms with Crippen LogP contribution >= 0.6 is 11.6 Å². The largest absolute Gasteiger partial charge is 0.495 e. The fourth-order valence-corrected chi connectivity index (χ4v) is 1.80. The summed E-state index contributed by atoms with van der Waals surface area (Å²) in [6.45, 7) is 0. The lowest BCUT2D eigenvalue weighted by Crippen LogP contribution is -1.90. The second-order valence-electron chi connectivity index (χ2n) is 3.00. The minimum Gasteiger partial charge on any atom is -0.495 e. The van der Waals surface area contributed by atoms with E-state index in [1.165, 1.54) is 0 Å². The number of aromatic nitrogens is 1. The number of pyridine rings is 1. The van der Waals surface area contributed by atoms with Crippen molar-refractivity contribution in [2.45, 2.75) is 0 Å². The van der Waals surface area contributed by atoms with E-state index in [0.717, 1.165) is 10.8 Å². The molecule has 0 amide bonds. The summed E-state index contributed by atoms with van der Waals surface area (Å²) < 4.78 is 10.3. The molecular weight excluding hydrogens is 214 g/mol. The number of ether oxygens (including phenoxy) is 2. The topological polar surface area (TPSA) is 31.4 Å². The Morgan fingerprint density at radius 1 is 1.07 bits per heavy atom. The first-order chi connectivity index (χ1) is 7.27. The van der Waals surface area contributed by atoms with Crippen LogP contribution in [0.2, 0.25) is 5.02 Å². The third-order valence-corrected chi connectivity index (χ3v) is 2.61. The second-order valence-corrected chi connectivity index (χ2v) is 3.38. The van der Waals surface area contributed by atoms with Crippen molar-refractivity contribution in [3.05, 3.63) is 29.4 Å². The third kappa shape index (κ3) is 1.59. The van der Waals surface area contributed by atoms with Crippen LogP contribution in [0, 0.1) is 0 Å². The van der Waals surface area contributed by atoms with Crippen molar-refractivity contribution >= 4 is 22.4 Å². The van der Waals surface area contributed by atoms with Crippen molar-refractivity contribution in [1.82, 2.24) is 4.98 Å². The molecule has 0 radical (unpaired) electrons. The van der Waals surface area contributed by atoms with E-state index >= 15 is 0 Å². The fraction of sp³-hybridized carbons (Fsp3) is 0.182. The lowest BCUT2D eigenvalue weighted by Gasteiger charge is -2.08. The summed E-state index contributed by atoms with van der Waals surface area (Å²) in [5.74, 6) is 1.22. The van der Waals surface area contributed by atoms with Gasteiger partial charge in [0.25, 0.3) is 0 Å². The Balaban J connectivity index is 2.78. The van der Waals surface area contributed by atoms with Gasteiger partial charge in [-0.2, -0.15) is 0 Å². The molecule has 0 aliphatic carbocycles. The number of hydrogen-bond acceptors (Lipinski definition) is 3. The maximum Gasteiger partial charge on any atom is 0.221 e. The molecule has 1 heterocycles. The molecule has 0 unspecified atom stereocenters. The number of benzene rings is 1. The zero-order chi connectivity index (χ0) is 10.8. The van der Waals surface area contributed by atoms with Gasteiger partial charge < -0.3 is 9.47 Å². The highest BCUT2D eigenvalue weighted by molar-refractivity contribution is 6.37. The van der Waals surface area contributed by atoms with E-state index in [2.05, 4.69) is 4.98 Å². The number of nitrogens with zero attached hydrogens (tertiary/aromatic N) is 1. The lowest BCUT2D eigenvalue weighted by molar-refractivity contribution is 0.403. The molecular formula is C11H10ClNO2. The van der Waals surface area contributed by atoms with Crippen molar-refractivity contribution in [2.24, 2.45) is 0 Å². The molecule has 0 spiro atoms. The van der Waals surface area contributed by atoms with Crippen molar-refractivity contribution < 1.29 is 9.47 Å². The number of methoxy groups -OCH3 is 2. The Labute approximate surface area is 92.6 Å². The SMILES string of the molecule is COc1ccc2c(OC)nccc2c1Cl. The van der Waals surface area contributed by atoms with Gasteiger partial charge in [0.1, 0.15) is 5.75 Å². The van der Waals surface area contributed by atoms with Crippen LogP contribution in [-0.2, 0) is 0 Å². The van der Waals surface area contributed by atoms with E-state index < -0.39 is 0 Å². The average molecular weight is 224 g/mol. The Morgan fingerprint density at radius 2 is 1.87 bits per heavy atom. The average Bonchev–Trinajstić information content (AvgIpc) is 2.29. The Bertz CT molecular complexity index is 499. The summed E-state index contributed by atoms with van der Waals surface area (Å²) in [5.41, 5.74) is 0. The molecule has 1 aromatic heterocycles. The quantitative estimate of drug-likeness (QED) is 0.785. The molecule has 0 N–H and O–H groups in total. The molecule has 0 aliphatic heterocycles. The van der Waals surface area contributed by atoms with Crippen molar-refractivity contribution in [1.29, 1.82) is 0 Å². The van der Waals surface area contributed by atoms with E-state index in [-0.39, 0.29) is 0 Å². The maximum absolute atomic E-state index is 6.16. The third-order valence-electron chi connectivity index (χ3n) is 2.22. The van der Waals surface area contributed by atoms with Crippen molar-refractivity contribution in [3.8, 4) is 11.6 Å². The van der Waals surface area contributed by atoms with Gasteiger partial charge in [0.2, 0.25) is 5.88 Å². The first kappa shape index (κ1) is 10.1. The molecule has 0 aliphatic rings. The minimum atomic E-state index is 0.567. The number of rotatable bonds is 2. The number of fused-ring (bicyclic) bond motifs is 1. The number of halogens is 1. The first-order valence-corrected chi connectivity index (χ1v) is 4.81. The number of hydrogen-bond donors (Lipinski definition) is 0.